The Morgan fingerprint density at radius 2 is 1.26 bits per heavy atom. The zero-order chi connectivity index (χ0) is 25.8. The van der Waals surface area contributed by atoms with Crippen LogP contribution in [-0.4, -0.2) is 58.1 Å². The highest BCUT2D eigenvalue weighted by Gasteiger charge is 2.53. The smallest absolute Gasteiger partial charge is 0.338 e. The highest BCUT2D eigenvalue weighted by molar-refractivity contribution is 6.74. The lowest BCUT2D eigenvalue weighted by molar-refractivity contribution is -0.281. The van der Waals surface area contributed by atoms with Gasteiger partial charge in [0.2, 0.25) is 0 Å². The summed E-state index contributed by atoms with van der Waals surface area (Å²) in [4.78, 5) is 26.0. The largest absolute Gasteiger partial charge is 0.453 e. The molecule has 1 aliphatic rings. The summed E-state index contributed by atoms with van der Waals surface area (Å²) in [5, 5.41) is -0.140. The van der Waals surface area contributed by atoms with E-state index in [-0.39, 0.29) is 5.04 Å². The highest BCUT2D eigenvalue weighted by atomic mass is 28.4. The van der Waals surface area contributed by atoms with Crippen LogP contribution in [0, 0.1) is 0 Å². The maximum atomic E-state index is 13.0. The topological polar surface area (TPSA) is 80.3 Å². The third-order valence-electron chi connectivity index (χ3n) is 6.70. The normalized spacial score (nSPS) is 25.1. The van der Waals surface area contributed by atoms with Gasteiger partial charge in [0, 0.05) is 7.11 Å². The monoisotopic (exact) mass is 500 g/mol. The molecule has 8 heteroatoms. The Labute approximate surface area is 208 Å². The fourth-order valence-corrected chi connectivity index (χ4v) is 4.94. The molecule has 0 saturated carbocycles. The Morgan fingerprint density at radius 1 is 0.800 bits per heavy atom. The average molecular weight is 501 g/mol. The van der Waals surface area contributed by atoms with Gasteiger partial charge in [0.25, 0.3) is 0 Å². The minimum atomic E-state index is -2.40. The zero-order valence-electron chi connectivity index (χ0n) is 21.5. The van der Waals surface area contributed by atoms with E-state index in [9.17, 15) is 9.59 Å². The maximum absolute atomic E-state index is 13.0. The number of ether oxygens (including phenoxy) is 4. The number of rotatable bonds is 7. The summed E-state index contributed by atoms with van der Waals surface area (Å²) < 4.78 is 30.3. The molecule has 0 N–H and O–H groups in total. The number of carbonyl (C=O) groups is 2. The van der Waals surface area contributed by atoms with E-state index >= 15 is 0 Å². The second-order valence-corrected chi connectivity index (χ2v) is 15.0. The molecule has 3 rings (SSSR count). The lowest BCUT2D eigenvalue weighted by Gasteiger charge is -2.48. The molecule has 0 amide bonds. The second-order valence-electron chi connectivity index (χ2n) is 10.3. The predicted octanol–water partition coefficient (Wildman–Crippen LogP) is 5.22. The highest BCUT2D eigenvalue weighted by Crippen LogP contribution is 2.40. The number of hydrogen-bond acceptors (Lipinski definition) is 7. The van der Waals surface area contributed by atoms with Crippen LogP contribution in [0.25, 0.3) is 0 Å². The Bertz CT molecular complexity index is 988. The molecule has 0 radical (unpaired) electrons. The number of esters is 2. The van der Waals surface area contributed by atoms with Gasteiger partial charge in [-0.2, -0.15) is 0 Å². The van der Waals surface area contributed by atoms with Crippen molar-refractivity contribution in [3.8, 4) is 0 Å². The fraction of sp³-hybridized carbons (Fsp3) is 0.481. The van der Waals surface area contributed by atoms with E-state index < -0.39 is 51.0 Å². The van der Waals surface area contributed by atoms with Gasteiger partial charge in [-0.15, -0.1) is 0 Å². The van der Waals surface area contributed by atoms with E-state index in [0.717, 1.165) is 0 Å². The molecule has 0 aliphatic carbocycles. The van der Waals surface area contributed by atoms with Crippen molar-refractivity contribution in [2.24, 2.45) is 0 Å². The van der Waals surface area contributed by atoms with Gasteiger partial charge in [-0.1, -0.05) is 57.2 Å². The molecule has 7 nitrogen and oxygen atoms in total. The molecule has 5 atom stereocenters. The van der Waals surface area contributed by atoms with Crippen molar-refractivity contribution in [2.45, 2.75) is 76.5 Å². The fourth-order valence-electron chi connectivity index (χ4n) is 3.63. The first-order valence-electron chi connectivity index (χ1n) is 11.8. The molecule has 1 unspecified atom stereocenters. The van der Waals surface area contributed by atoms with Crippen LogP contribution >= 0.6 is 0 Å². The number of hydrogen-bond donors (Lipinski definition) is 0. The van der Waals surface area contributed by atoms with Crippen LogP contribution in [0.15, 0.2) is 60.7 Å². The Hall–Kier alpha value is -2.52. The van der Waals surface area contributed by atoms with Crippen LogP contribution in [0.2, 0.25) is 18.1 Å². The molecule has 1 aliphatic heterocycles. The zero-order valence-corrected chi connectivity index (χ0v) is 22.5. The second kappa shape index (κ2) is 11.0. The maximum Gasteiger partial charge on any atom is 0.338 e. The third-order valence-corrected chi connectivity index (χ3v) is 11.2. The average Bonchev–Trinajstić information content (AvgIpc) is 2.82. The van der Waals surface area contributed by atoms with Crippen LogP contribution in [-0.2, 0) is 23.4 Å². The minimum Gasteiger partial charge on any atom is -0.453 e. The van der Waals surface area contributed by atoms with E-state index in [2.05, 4.69) is 33.9 Å². The van der Waals surface area contributed by atoms with Gasteiger partial charge >= 0.3 is 11.9 Å². The van der Waals surface area contributed by atoms with Gasteiger partial charge in [-0.05, 0) is 49.3 Å². The van der Waals surface area contributed by atoms with Crippen LogP contribution in [0.1, 0.15) is 48.4 Å². The Morgan fingerprint density at radius 3 is 1.69 bits per heavy atom. The molecule has 0 aromatic heterocycles. The summed E-state index contributed by atoms with van der Waals surface area (Å²) >= 11 is 0. The van der Waals surface area contributed by atoms with Gasteiger partial charge in [0.1, 0.15) is 6.10 Å². The van der Waals surface area contributed by atoms with Crippen LogP contribution in [0.5, 0.6) is 0 Å². The molecule has 1 fully saturated rings. The number of benzene rings is 2. The molecular formula is C27H36O7Si. The molecule has 1 heterocycles. The van der Waals surface area contributed by atoms with E-state index in [4.69, 9.17) is 23.4 Å². The van der Waals surface area contributed by atoms with E-state index in [1.54, 1.807) is 55.5 Å². The van der Waals surface area contributed by atoms with Gasteiger partial charge in [-0.3, -0.25) is 0 Å². The van der Waals surface area contributed by atoms with Crippen molar-refractivity contribution in [1.82, 2.24) is 0 Å². The quantitative estimate of drug-likeness (QED) is 0.381. The van der Waals surface area contributed by atoms with Crippen molar-refractivity contribution in [3.05, 3.63) is 71.8 Å². The number of carbonyl (C=O) groups excluding carboxylic acids is 2. The van der Waals surface area contributed by atoms with Crippen LogP contribution < -0.4 is 0 Å². The molecular weight excluding hydrogens is 464 g/mol. The van der Waals surface area contributed by atoms with Gasteiger partial charge < -0.3 is 23.4 Å². The predicted molar refractivity (Wildman–Crippen MR) is 135 cm³/mol. The van der Waals surface area contributed by atoms with Crippen molar-refractivity contribution in [1.29, 1.82) is 0 Å². The van der Waals surface area contributed by atoms with E-state index in [1.165, 1.54) is 7.11 Å². The lowest BCUT2D eigenvalue weighted by Crippen LogP contribution is -2.63. The van der Waals surface area contributed by atoms with Gasteiger partial charge in [-0.25, -0.2) is 9.59 Å². The first kappa shape index (κ1) is 27.1. The summed E-state index contributed by atoms with van der Waals surface area (Å²) in [7, 11) is -0.916. The number of methoxy groups -OCH3 is 1. The standard InChI is InChI=1S/C27H36O7Si/c1-18-21(32-24(28)19-14-10-8-11-15-19)22(34-35(6,7)27(2,3)4)23(26(30-5)31-18)33-25(29)20-16-12-9-13-17-20/h8-18,21-23,26H,1-7H3/t18-,21-,22-,23-,26?/m1/s1. The summed E-state index contributed by atoms with van der Waals surface area (Å²) in [5.41, 5.74) is 0.808. The molecule has 190 valence electrons. The van der Waals surface area contributed by atoms with Crippen molar-refractivity contribution in [3.63, 3.8) is 0 Å². The molecule has 0 bridgehead atoms. The van der Waals surface area contributed by atoms with Crippen molar-refractivity contribution < 1.29 is 33.0 Å². The van der Waals surface area contributed by atoms with E-state index in [1.807, 2.05) is 12.1 Å². The summed E-state index contributed by atoms with van der Waals surface area (Å²) in [6, 6.07) is 17.4. The molecule has 1 saturated heterocycles. The Balaban J connectivity index is 1.98. The summed E-state index contributed by atoms with van der Waals surface area (Å²) in [5.74, 6) is -1.04. The lowest BCUT2D eigenvalue weighted by atomic mass is 9.99. The third kappa shape index (κ3) is 6.38. The molecule has 0 spiro atoms. The van der Waals surface area contributed by atoms with Crippen molar-refractivity contribution >= 4 is 20.3 Å². The van der Waals surface area contributed by atoms with Gasteiger partial charge in [0.15, 0.2) is 26.8 Å². The van der Waals surface area contributed by atoms with Crippen LogP contribution in [0.3, 0.4) is 0 Å². The first-order chi connectivity index (χ1) is 16.4. The molecule has 35 heavy (non-hydrogen) atoms. The van der Waals surface area contributed by atoms with Gasteiger partial charge in [0.05, 0.1) is 17.2 Å². The van der Waals surface area contributed by atoms with Crippen LogP contribution in [0.4, 0.5) is 0 Å². The Kier molecular flexibility index (Phi) is 8.53. The summed E-state index contributed by atoms with van der Waals surface area (Å²) in [6.07, 6.45) is -4.01. The molecule has 2 aromatic carbocycles. The summed E-state index contributed by atoms with van der Waals surface area (Å²) in [6.45, 7) is 12.3. The molecule has 2 aromatic rings. The van der Waals surface area contributed by atoms with Crippen molar-refractivity contribution in [2.75, 3.05) is 7.11 Å². The SMILES string of the molecule is COC1O[C@H](C)[C@@H](OC(=O)c2ccccc2)[C@@H](O[Si](C)(C)C(C)(C)C)[C@H]1OC(=O)c1ccccc1. The minimum absolute atomic E-state index is 0.140. The van der Waals surface area contributed by atoms with E-state index in [0.29, 0.717) is 11.1 Å². The first-order valence-corrected chi connectivity index (χ1v) is 14.7.